The number of rotatable bonds is 7. The number of carbonyl (C=O) groups is 2. The molecule has 2 amide bonds. The van der Waals surface area contributed by atoms with Gasteiger partial charge in [0.1, 0.15) is 5.82 Å². The number of thioether (sulfide) groups is 1. The van der Waals surface area contributed by atoms with E-state index in [4.69, 9.17) is 5.73 Å². The van der Waals surface area contributed by atoms with Gasteiger partial charge in [0, 0.05) is 25.4 Å². The minimum Gasteiger partial charge on any atom is -0.369 e. The molecule has 1 saturated heterocycles. The Morgan fingerprint density at radius 3 is 2.45 bits per heavy atom. The van der Waals surface area contributed by atoms with Gasteiger partial charge in [-0.2, -0.15) is 0 Å². The first kappa shape index (κ1) is 23.0. The molecule has 0 radical (unpaired) electrons. The number of amides is 2. The summed E-state index contributed by atoms with van der Waals surface area (Å²) in [6.07, 6.45) is 1.91. The van der Waals surface area contributed by atoms with Gasteiger partial charge < -0.3 is 10.6 Å². The molecule has 7 nitrogen and oxygen atoms in total. The predicted octanol–water partition coefficient (Wildman–Crippen LogP) is 3.29. The molecule has 0 atom stereocenters. The zero-order valence-electron chi connectivity index (χ0n) is 19.0. The van der Waals surface area contributed by atoms with Gasteiger partial charge in [-0.25, -0.2) is 0 Å². The largest absolute Gasteiger partial charge is 0.369 e. The number of piperidine rings is 1. The first-order chi connectivity index (χ1) is 15.9. The summed E-state index contributed by atoms with van der Waals surface area (Å²) in [5.41, 5.74) is 9.91. The van der Waals surface area contributed by atoms with Gasteiger partial charge in [-0.05, 0) is 43.9 Å². The Morgan fingerprint density at radius 2 is 1.79 bits per heavy atom. The minimum atomic E-state index is -0.274. The summed E-state index contributed by atoms with van der Waals surface area (Å²) in [5, 5.41) is 9.64. The van der Waals surface area contributed by atoms with Crippen molar-refractivity contribution in [2.75, 3.05) is 18.8 Å². The normalized spacial score (nSPS) is 14.4. The second-order valence-corrected chi connectivity index (χ2v) is 9.48. The van der Waals surface area contributed by atoms with E-state index in [-0.39, 0.29) is 23.5 Å². The number of carbonyl (C=O) groups excluding carboxylic acids is 2. The summed E-state index contributed by atoms with van der Waals surface area (Å²) in [6, 6.07) is 16.5. The number of nitrogens with zero attached hydrogens (tertiary/aromatic N) is 4. The predicted molar refractivity (Wildman–Crippen MR) is 129 cm³/mol. The summed E-state index contributed by atoms with van der Waals surface area (Å²) >= 11 is 1.40. The molecule has 2 N–H and O–H groups in total. The van der Waals surface area contributed by atoms with E-state index in [9.17, 15) is 9.59 Å². The summed E-state index contributed by atoms with van der Waals surface area (Å²) in [4.78, 5) is 26.0. The fourth-order valence-corrected chi connectivity index (χ4v) is 5.08. The van der Waals surface area contributed by atoms with Crippen LogP contribution < -0.4 is 5.73 Å². The third-order valence-electron chi connectivity index (χ3n) is 6.07. The van der Waals surface area contributed by atoms with E-state index in [1.54, 1.807) is 0 Å². The highest BCUT2D eigenvalue weighted by Gasteiger charge is 2.26. The molecule has 8 heteroatoms. The van der Waals surface area contributed by atoms with E-state index in [2.05, 4.69) is 58.9 Å². The number of nitrogens with two attached hydrogens (primary N) is 1. The SMILES string of the molecule is Cc1ccc(-n2c(Cc3ccccc3)nnc2SCC(=O)N2CCC(C(N)=O)CC2)c(C)c1. The maximum Gasteiger partial charge on any atom is 0.233 e. The zero-order valence-corrected chi connectivity index (χ0v) is 19.8. The molecule has 2 heterocycles. The van der Waals surface area contributed by atoms with Crippen molar-refractivity contribution in [3.05, 3.63) is 71.0 Å². The van der Waals surface area contributed by atoms with Crippen LogP contribution in [-0.4, -0.2) is 50.3 Å². The Bertz CT molecular complexity index is 1140. The van der Waals surface area contributed by atoms with Crippen LogP contribution in [0.25, 0.3) is 5.69 Å². The van der Waals surface area contributed by atoms with Crippen LogP contribution in [-0.2, 0) is 16.0 Å². The number of benzene rings is 2. The Balaban J connectivity index is 1.54. The summed E-state index contributed by atoms with van der Waals surface area (Å²) in [6.45, 7) is 5.28. The maximum absolute atomic E-state index is 12.8. The van der Waals surface area contributed by atoms with E-state index in [0.717, 1.165) is 22.6 Å². The van der Waals surface area contributed by atoms with Crippen LogP contribution in [0.4, 0.5) is 0 Å². The quantitative estimate of drug-likeness (QED) is 0.543. The van der Waals surface area contributed by atoms with Crippen LogP contribution in [0, 0.1) is 19.8 Å². The van der Waals surface area contributed by atoms with Crippen LogP contribution in [0.5, 0.6) is 0 Å². The monoisotopic (exact) mass is 463 g/mol. The molecule has 4 rings (SSSR count). The summed E-state index contributed by atoms with van der Waals surface area (Å²) < 4.78 is 2.07. The van der Waals surface area contributed by atoms with Crippen molar-refractivity contribution in [2.45, 2.75) is 38.3 Å². The van der Waals surface area contributed by atoms with Crippen molar-refractivity contribution in [2.24, 2.45) is 11.7 Å². The topological polar surface area (TPSA) is 94.1 Å². The molecule has 1 aromatic heterocycles. The lowest BCUT2D eigenvalue weighted by Gasteiger charge is -2.30. The molecular weight excluding hydrogens is 434 g/mol. The van der Waals surface area contributed by atoms with Crippen LogP contribution >= 0.6 is 11.8 Å². The molecule has 1 aliphatic rings. The van der Waals surface area contributed by atoms with Gasteiger partial charge in [0.15, 0.2) is 5.16 Å². The third kappa shape index (κ3) is 5.45. The first-order valence-electron chi connectivity index (χ1n) is 11.2. The molecule has 33 heavy (non-hydrogen) atoms. The number of aromatic nitrogens is 3. The number of aryl methyl sites for hydroxylation is 2. The standard InChI is InChI=1S/C25H29N5O2S/c1-17-8-9-21(18(2)14-17)30-22(15-19-6-4-3-5-7-19)27-28-25(30)33-16-23(31)29-12-10-20(11-13-29)24(26)32/h3-9,14,20H,10-13,15-16H2,1-2H3,(H2,26,32). The second kappa shape index (κ2) is 10.2. The summed E-state index contributed by atoms with van der Waals surface area (Å²) in [5.74, 6) is 0.752. The molecule has 0 aliphatic carbocycles. The smallest absolute Gasteiger partial charge is 0.233 e. The van der Waals surface area contributed by atoms with Crippen LogP contribution in [0.3, 0.4) is 0 Å². The van der Waals surface area contributed by atoms with Crippen molar-refractivity contribution < 1.29 is 9.59 Å². The Hall–Kier alpha value is -3.13. The highest BCUT2D eigenvalue weighted by Crippen LogP contribution is 2.27. The van der Waals surface area contributed by atoms with Crippen LogP contribution in [0.2, 0.25) is 0 Å². The highest BCUT2D eigenvalue weighted by molar-refractivity contribution is 7.99. The Morgan fingerprint density at radius 1 is 1.06 bits per heavy atom. The first-order valence-corrected chi connectivity index (χ1v) is 12.2. The molecule has 0 unspecified atom stereocenters. The summed E-state index contributed by atoms with van der Waals surface area (Å²) in [7, 11) is 0. The lowest BCUT2D eigenvalue weighted by atomic mass is 9.96. The molecule has 1 fully saturated rings. The number of likely N-dealkylation sites (tertiary alicyclic amines) is 1. The van der Waals surface area contributed by atoms with Crippen molar-refractivity contribution in [3.63, 3.8) is 0 Å². The maximum atomic E-state index is 12.8. The van der Waals surface area contributed by atoms with Gasteiger partial charge >= 0.3 is 0 Å². The molecule has 0 spiro atoms. The Kier molecular flexibility index (Phi) is 7.13. The molecular formula is C25H29N5O2S. The molecule has 0 saturated carbocycles. The fraction of sp³-hybridized carbons (Fsp3) is 0.360. The van der Waals surface area contributed by atoms with Gasteiger partial charge in [-0.15, -0.1) is 10.2 Å². The van der Waals surface area contributed by atoms with Gasteiger partial charge in [0.25, 0.3) is 0 Å². The van der Waals surface area contributed by atoms with Crippen molar-refractivity contribution >= 4 is 23.6 Å². The average molecular weight is 464 g/mol. The number of hydrogen-bond donors (Lipinski definition) is 1. The molecule has 1 aliphatic heterocycles. The molecule has 2 aromatic carbocycles. The second-order valence-electron chi connectivity index (χ2n) is 8.53. The molecule has 172 valence electrons. The fourth-order valence-electron chi connectivity index (χ4n) is 4.22. The van der Waals surface area contributed by atoms with Gasteiger partial charge in [0.2, 0.25) is 11.8 Å². The minimum absolute atomic E-state index is 0.0442. The van der Waals surface area contributed by atoms with E-state index < -0.39 is 0 Å². The zero-order chi connectivity index (χ0) is 23.4. The lowest BCUT2D eigenvalue weighted by molar-refractivity contribution is -0.132. The lowest BCUT2D eigenvalue weighted by Crippen LogP contribution is -2.42. The van der Waals surface area contributed by atoms with Crippen molar-refractivity contribution in [1.29, 1.82) is 0 Å². The van der Waals surface area contributed by atoms with Crippen LogP contribution in [0.1, 0.15) is 35.4 Å². The van der Waals surface area contributed by atoms with E-state index in [1.165, 1.54) is 17.3 Å². The Labute approximate surface area is 198 Å². The van der Waals surface area contributed by atoms with Gasteiger partial charge in [0.05, 0.1) is 11.4 Å². The molecule has 0 bridgehead atoms. The average Bonchev–Trinajstić information content (AvgIpc) is 3.20. The van der Waals surface area contributed by atoms with E-state index in [0.29, 0.717) is 37.5 Å². The van der Waals surface area contributed by atoms with Crippen molar-refractivity contribution in [3.8, 4) is 5.69 Å². The van der Waals surface area contributed by atoms with Gasteiger partial charge in [-0.1, -0.05) is 59.8 Å². The van der Waals surface area contributed by atoms with Crippen molar-refractivity contribution in [1.82, 2.24) is 19.7 Å². The van der Waals surface area contributed by atoms with E-state index >= 15 is 0 Å². The number of hydrogen-bond acceptors (Lipinski definition) is 5. The van der Waals surface area contributed by atoms with Crippen LogP contribution in [0.15, 0.2) is 53.7 Å². The van der Waals surface area contributed by atoms with E-state index in [1.807, 2.05) is 23.1 Å². The highest BCUT2D eigenvalue weighted by atomic mass is 32.2. The number of primary amides is 1. The third-order valence-corrected chi connectivity index (χ3v) is 6.99. The molecule has 3 aromatic rings. The van der Waals surface area contributed by atoms with Gasteiger partial charge in [-0.3, -0.25) is 14.2 Å².